The van der Waals surface area contributed by atoms with E-state index < -0.39 is 0 Å². The van der Waals surface area contributed by atoms with Crippen LogP contribution < -0.4 is 0 Å². The smallest absolute Gasteiger partial charge is 0.0647 e. The van der Waals surface area contributed by atoms with Crippen LogP contribution in [0, 0.1) is 6.92 Å². The highest BCUT2D eigenvalue weighted by Gasteiger charge is 1.72. The molecule has 0 heterocycles. The molecule has 8 heavy (non-hydrogen) atoms. The lowest BCUT2D eigenvalue weighted by molar-refractivity contribution is 0.192. The molecule has 0 N–H and O–H groups in total. The summed E-state index contributed by atoms with van der Waals surface area (Å²) in [5.41, 5.74) is 0. The second-order valence-electron chi connectivity index (χ2n) is 1.20. The fourth-order valence-corrected chi connectivity index (χ4v) is 0.547. The highest BCUT2D eigenvalue weighted by Crippen LogP contribution is 1.81. The molecule has 0 amide bonds. The Balaban J connectivity index is 2.80. The maximum absolute atomic E-state index is 4.92. The molecule has 0 aliphatic heterocycles. The van der Waals surface area contributed by atoms with Gasteiger partial charge in [-0.1, -0.05) is 28.1 Å². The number of hydrogen-bond acceptors (Lipinski definition) is 1. The Morgan fingerprint density at radius 1 is 1.50 bits per heavy atom. The third-order valence-electron chi connectivity index (χ3n) is 0.614. The van der Waals surface area contributed by atoms with Crippen LogP contribution in [0.2, 0.25) is 0 Å². The van der Waals surface area contributed by atoms with Gasteiger partial charge in [-0.05, 0) is 6.92 Å². The number of ether oxygens (including phenoxy) is 1. The van der Waals surface area contributed by atoms with Gasteiger partial charge in [-0.2, -0.15) is 0 Å². The van der Waals surface area contributed by atoms with E-state index in [1.165, 1.54) is 0 Å². The Bertz CT molecular complexity index is 61.5. The molecule has 0 aliphatic rings. The minimum Gasteiger partial charge on any atom is -0.377 e. The van der Waals surface area contributed by atoms with E-state index in [2.05, 4.69) is 22.9 Å². The SMILES string of the molecule is [CH2]COC/C=C/CBr. The van der Waals surface area contributed by atoms with Gasteiger partial charge in [0.15, 0.2) is 0 Å². The molecule has 0 bridgehead atoms. The fraction of sp³-hybridized carbons (Fsp3) is 0.500. The van der Waals surface area contributed by atoms with Gasteiger partial charge >= 0.3 is 0 Å². The standard InChI is InChI=1S/C6H10BrO/c1-2-8-6-4-3-5-7/h3-4H,1-2,5-6H2/b4-3+. The molecule has 0 aromatic carbocycles. The first-order valence-corrected chi connectivity index (χ1v) is 3.62. The van der Waals surface area contributed by atoms with Crippen LogP contribution in [0.15, 0.2) is 12.2 Å². The van der Waals surface area contributed by atoms with Crippen LogP contribution in [-0.4, -0.2) is 18.5 Å². The highest BCUT2D eigenvalue weighted by molar-refractivity contribution is 9.09. The number of alkyl halides is 1. The zero-order chi connectivity index (χ0) is 6.24. The average molecular weight is 178 g/mol. The first kappa shape index (κ1) is 8.18. The van der Waals surface area contributed by atoms with Crippen molar-refractivity contribution in [1.82, 2.24) is 0 Å². The Hall–Kier alpha value is 0.180. The van der Waals surface area contributed by atoms with Crippen LogP contribution in [0.25, 0.3) is 0 Å². The lowest BCUT2D eigenvalue weighted by atomic mass is 10.5. The van der Waals surface area contributed by atoms with Crippen LogP contribution in [-0.2, 0) is 4.74 Å². The van der Waals surface area contributed by atoms with Crippen LogP contribution in [0.3, 0.4) is 0 Å². The predicted octanol–water partition coefficient (Wildman–Crippen LogP) is 1.79. The highest BCUT2D eigenvalue weighted by atomic mass is 79.9. The summed E-state index contributed by atoms with van der Waals surface area (Å²) in [4.78, 5) is 0. The zero-order valence-corrected chi connectivity index (χ0v) is 6.36. The monoisotopic (exact) mass is 177 g/mol. The van der Waals surface area contributed by atoms with E-state index in [0.717, 1.165) is 5.33 Å². The van der Waals surface area contributed by atoms with Crippen molar-refractivity contribution >= 4 is 15.9 Å². The van der Waals surface area contributed by atoms with Crippen LogP contribution >= 0.6 is 15.9 Å². The van der Waals surface area contributed by atoms with Gasteiger partial charge in [-0.25, -0.2) is 0 Å². The summed E-state index contributed by atoms with van der Waals surface area (Å²) in [6, 6.07) is 0. The van der Waals surface area contributed by atoms with Gasteiger partial charge in [0.1, 0.15) is 0 Å². The molecule has 1 nitrogen and oxygen atoms in total. The molecule has 0 saturated carbocycles. The summed E-state index contributed by atoms with van der Waals surface area (Å²) in [7, 11) is 0. The molecule has 0 aliphatic carbocycles. The Labute approximate surface area is 58.9 Å². The summed E-state index contributed by atoms with van der Waals surface area (Å²) < 4.78 is 4.92. The van der Waals surface area contributed by atoms with Crippen molar-refractivity contribution in [2.24, 2.45) is 0 Å². The van der Waals surface area contributed by atoms with E-state index in [1.807, 2.05) is 12.2 Å². The van der Waals surface area contributed by atoms with Crippen molar-refractivity contribution in [3.05, 3.63) is 19.1 Å². The predicted molar refractivity (Wildman–Crippen MR) is 39.1 cm³/mol. The second-order valence-corrected chi connectivity index (χ2v) is 1.85. The van der Waals surface area contributed by atoms with E-state index in [9.17, 15) is 0 Å². The molecule has 0 atom stereocenters. The molecular formula is C6H10BrO. The number of halogens is 1. The third kappa shape index (κ3) is 6.18. The molecule has 0 saturated heterocycles. The molecule has 1 radical (unpaired) electrons. The molecule has 0 fully saturated rings. The number of rotatable bonds is 4. The normalized spacial score (nSPS) is 10.8. The number of hydrogen-bond donors (Lipinski definition) is 0. The summed E-state index contributed by atoms with van der Waals surface area (Å²) in [5, 5.41) is 0.896. The van der Waals surface area contributed by atoms with Gasteiger partial charge in [-0.15, -0.1) is 0 Å². The molecule has 0 spiro atoms. The minimum absolute atomic E-state index is 0.548. The van der Waals surface area contributed by atoms with E-state index >= 15 is 0 Å². The van der Waals surface area contributed by atoms with Crippen LogP contribution in [0.1, 0.15) is 0 Å². The Kier molecular flexibility index (Phi) is 7.34. The summed E-state index contributed by atoms with van der Waals surface area (Å²) in [6.07, 6.45) is 3.95. The molecule has 0 rings (SSSR count). The molecule has 0 aromatic rings. The van der Waals surface area contributed by atoms with Gasteiger partial charge in [0.2, 0.25) is 0 Å². The van der Waals surface area contributed by atoms with E-state index in [4.69, 9.17) is 4.74 Å². The fourth-order valence-electron chi connectivity index (χ4n) is 0.282. The summed E-state index contributed by atoms with van der Waals surface area (Å²) in [6.45, 7) is 4.74. The van der Waals surface area contributed by atoms with Gasteiger partial charge in [0.05, 0.1) is 6.61 Å². The van der Waals surface area contributed by atoms with Crippen molar-refractivity contribution in [2.75, 3.05) is 18.5 Å². The molecule has 2 heteroatoms. The first-order valence-electron chi connectivity index (χ1n) is 2.49. The first-order chi connectivity index (χ1) is 3.91. The molecular weight excluding hydrogens is 168 g/mol. The molecule has 47 valence electrons. The van der Waals surface area contributed by atoms with E-state index in [1.54, 1.807) is 0 Å². The molecule has 0 unspecified atom stereocenters. The van der Waals surface area contributed by atoms with E-state index in [0.29, 0.717) is 13.2 Å². The van der Waals surface area contributed by atoms with Crippen LogP contribution in [0.5, 0.6) is 0 Å². The van der Waals surface area contributed by atoms with Crippen molar-refractivity contribution < 1.29 is 4.74 Å². The summed E-state index contributed by atoms with van der Waals surface area (Å²) in [5.74, 6) is 0. The maximum atomic E-state index is 4.92. The topological polar surface area (TPSA) is 9.23 Å². The van der Waals surface area contributed by atoms with Gasteiger partial charge in [0.25, 0.3) is 0 Å². The van der Waals surface area contributed by atoms with Crippen molar-refractivity contribution in [2.45, 2.75) is 0 Å². The van der Waals surface area contributed by atoms with Crippen molar-refractivity contribution in [3.63, 3.8) is 0 Å². The maximum Gasteiger partial charge on any atom is 0.0647 e. The van der Waals surface area contributed by atoms with E-state index in [-0.39, 0.29) is 0 Å². The van der Waals surface area contributed by atoms with Gasteiger partial charge < -0.3 is 4.74 Å². The molecule has 0 aromatic heterocycles. The van der Waals surface area contributed by atoms with Crippen LogP contribution in [0.4, 0.5) is 0 Å². The third-order valence-corrected chi connectivity index (χ3v) is 0.988. The average Bonchev–Trinajstić information content (AvgIpc) is 1.81. The lowest BCUT2D eigenvalue weighted by Crippen LogP contribution is -1.87. The second kappa shape index (κ2) is 7.18. The quantitative estimate of drug-likeness (QED) is 0.362. The zero-order valence-electron chi connectivity index (χ0n) is 4.77. The lowest BCUT2D eigenvalue weighted by Gasteiger charge is -1.90. The van der Waals surface area contributed by atoms with Gasteiger partial charge in [-0.3, -0.25) is 0 Å². The van der Waals surface area contributed by atoms with Crippen molar-refractivity contribution in [1.29, 1.82) is 0 Å². The van der Waals surface area contributed by atoms with Crippen molar-refractivity contribution in [3.8, 4) is 0 Å². The minimum atomic E-state index is 0.548. The number of allylic oxidation sites excluding steroid dienone is 1. The summed E-state index contributed by atoms with van der Waals surface area (Å²) >= 11 is 3.24. The largest absolute Gasteiger partial charge is 0.377 e. The Morgan fingerprint density at radius 3 is 2.75 bits per heavy atom. The van der Waals surface area contributed by atoms with Gasteiger partial charge in [0, 0.05) is 11.9 Å². The Morgan fingerprint density at radius 2 is 2.25 bits per heavy atom.